The van der Waals surface area contributed by atoms with Gasteiger partial charge in [-0.25, -0.2) is 0 Å². The van der Waals surface area contributed by atoms with E-state index in [0.29, 0.717) is 17.9 Å². The Morgan fingerprint density at radius 2 is 2.19 bits per heavy atom. The fourth-order valence-electron chi connectivity index (χ4n) is 1.83. The van der Waals surface area contributed by atoms with Crippen molar-refractivity contribution in [2.24, 2.45) is 0 Å². The van der Waals surface area contributed by atoms with Gasteiger partial charge in [0.1, 0.15) is 17.9 Å². The summed E-state index contributed by atoms with van der Waals surface area (Å²) >= 11 is 1.65. The monoisotopic (exact) mass is 316 g/mol. The molecule has 0 saturated carbocycles. The van der Waals surface area contributed by atoms with Crippen molar-refractivity contribution < 1.29 is 14.8 Å². The molecule has 0 bridgehead atoms. The highest BCUT2D eigenvalue weighted by Crippen LogP contribution is 2.21. The maximum absolute atomic E-state index is 11.8. The van der Waals surface area contributed by atoms with Crippen molar-refractivity contribution >= 4 is 23.4 Å². The highest BCUT2D eigenvalue weighted by atomic mass is 32.2. The Kier molecular flexibility index (Phi) is 7.17. The molecule has 1 aromatic rings. The standard InChI is InChI=1S/C12H20N4O4S/c1-9-12(16(19)20)10(2)15(14-9)8-11(18)13-4-7-21-6-3-5-17/h17H,3-8H2,1-2H3,(H,13,18). The van der Waals surface area contributed by atoms with Crippen molar-refractivity contribution in [1.82, 2.24) is 15.1 Å². The van der Waals surface area contributed by atoms with Crippen LogP contribution < -0.4 is 5.32 Å². The third-order valence-corrected chi connectivity index (χ3v) is 3.90. The summed E-state index contributed by atoms with van der Waals surface area (Å²) in [5.74, 6) is 1.40. The van der Waals surface area contributed by atoms with Crippen molar-refractivity contribution in [3.63, 3.8) is 0 Å². The lowest BCUT2D eigenvalue weighted by Crippen LogP contribution is -2.30. The summed E-state index contributed by atoms with van der Waals surface area (Å²) in [6.07, 6.45) is 0.744. The van der Waals surface area contributed by atoms with Crippen LogP contribution in [0, 0.1) is 24.0 Å². The molecule has 1 rings (SSSR count). The number of aromatic nitrogens is 2. The Morgan fingerprint density at radius 3 is 2.76 bits per heavy atom. The zero-order valence-electron chi connectivity index (χ0n) is 12.2. The van der Waals surface area contributed by atoms with Gasteiger partial charge in [0.2, 0.25) is 5.91 Å². The quantitative estimate of drug-likeness (QED) is 0.393. The van der Waals surface area contributed by atoms with Crippen LogP contribution in [0.1, 0.15) is 17.8 Å². The Balaban J connectivity index is 2.42. The van der Waals surface area contributed by atoms with Gasteiger partial charge < -0.3 is 10.4 Å². The summed E-state index contributed by atoms with van der Waals surface area (Å²) in [5.41, 5.74) is 0.650. The predicted molar refractivity (Wildman–Crippen MR) is 80.4 cm³/mol. The second-order valence-corrected chi connectivity index (χ2v) is 5.70. The van der Waals surface area contributed by atoms with Crippen LogP contribution in [0.2, 0.25) is 0 Å². The summed E-state index contributed by atoms with van der Waals surface area (Å²) in [6.45, 7) is 3.81. The minimum absolute atomic E-state index is 0.0260. The van der Waals surface area contributed by atoms with Crippen molar-refractivity contribution in [2.45, 2.75) is 26.8 Å². The van der Waals surface area contributed by atoms with E-state index in [4.69, 9.17) is 5.11 Å². The van der Waals surface area contributed by atoms with Crippen LogP contribution in [-0.4, -0.2) is 50.4 Å². The largest absolute Gasteiger partial charge is 0.396 e. The van der Waals surface area contributed by atoms with E-state index in [1.807, 2.05) is 0 Å². The van der Waals surface area contributed by atoms with E-state index in [1.54, 1.807) is 25.6 Å². The SMILES string of the molecule is Cc1nn(CC(=O)NCCSCCCO)c(C)c1[N+](=O)[O-]. The molecule has 21 heavy (non-hydrogen) atoms. The maximum Gasteiger partial charge on any atom is 0.312 e. The number of nitrogens with zero attached hydrogens (tertiary/aromatic N) is 3. The van der Waals surface area contributed by atoms with Gasteiger partial charge in [-0.1, -0.05) is 0 Å². The molecule has 1 amide bonds. The van der Waals surface area contributed by atoms with E-state index in [2.05, 4.69) is 10.4 Å². The van der Waals surface area contributed by atoms with E-state index in [0.717, 1.165) is 17.9 Å². The van der Waals surface area contributed by atoms with Crippen molar-refractivity contribution in [1.29, 1.82) is 0 Å². The number of hydrogen-bond acceptors (Lipinski definition) is 6. The third kappa shape index (κ3) is 5.35. The predicted octanol–water partition coefficient (Wildman–Crippen LogP) is 0.640. The lowest BCUT2D eigenvalue weighted by molar-refractivity contribution is -0.386. The molecule has 9 heteroatoms. The third-order valence-electron chi connectivity index (χ3n) is 2.83. The average molecular weight is 316 g/mol. The van der Waals surface area contributed by atoms with Crippen LogP contribution in [-0.2, 0) is 11.3 Å². The number of thioether (sulfide) groups is 1. The van der Waals surface area contributed by atoms with Crippen LogP contribution in [0.5, 0.6) is 0 Å². The van der Waals surface area contributed by atoms with Crippen molar-refractivity contribution in [3.05, 3.63) is 21.5 Å². The maximum atomic E-state index is 11.8. The summed E-state index contributed by atoms with van der Waals surface area (Å²) in [4.78, 5) is 22.1. The molecule has 8 nitrogen and oxygen atoms in total. The number of carbonyl (C=O) groups excluding carboxylic acids is 1. The molecule has 0 aliphatic heterocycles. The molecule has 1 heterocycles. The van der Waals surface area contributed by atoms with E-state index in [9.17, 15) is 14.9 Å². The molecule has 0 aliphatic rings. The van der Waals surface area contributed by atoms with E-state index in [1.165, 1.54) is 4.68 Å². The fourth-order valence-corrected chi connectivity index (χ4v) is 2.61. The molecule has 0 spiro atoms. The Morgan fingerprint density at radius 1 is 1.48 bits per heavy atom. The van der Waals surface area contributed by atoms with Crippen molar-refractivity contribution in [2.75, 3.05) is 24.7 Å². The lowest BCUT2D eigenvalue weighted by atomic mass is 10.3. The first kappa shape index (κ1) is 17.4. The lowest BCUT2D eigenvalue weighted by Gasteiger charge is -2.06. The van der Waals surface area contributed by atoms with Crippen molar-refractivity contribution in [3.8, 4) is 0 Å². The molecule has 1 aromatic heterocycles. The van der Waals surface area contributed by atoms with E-state index >= 15 is 0 Å². The summed E-state index contributed by atoms with van der Waals surface area (Å²) in [6, 6.07) is 0. The fraction of sp³-hybridized carbons (Fsp3) is 0.667. The first-order valence-corrected chi connectivity index (χ1v) is 7.76. The van der Waals surface area contributed by atoms with Gasteiger partial charge >= 0.3 is 5.69 Å². The number of rotatable bonds is 9. The Labute approximate surface area is 127 Å². The number of carbonyl (C=O) groups is 1. The van der Waals surface area contributed by atoms with Gasteiger partial charge in [-0.05, 0) is 26.0 Å². The van der Waals surface area contributed by atoms with E-state index in [-0.39, 0.29) is 24.7 Å². The molecule has 0 atom stereocenters. The number of nitro groups is 1. The van der Waals surface area contributed by atoms with Gasteiger partial charge in [0.15, 0.2) is 0 Å². The van der Waals surface area contributed by atoms with Gasteiger partial charge in [0.05, 0.1) is 4.92 Å². The van der Waals surface area contributed by atoms with E-state index < -0.39 is 4.92 Å². The highest BCUT2D eigenvalue weighted by molar-refractivity contribution is 7.99. The van der Waals surface area contributed by atoms with Crippen LogP contribution in [0.4, 0.5) is 5.69 Å². The number of aliphatic hydroxyl groups excluding tert-OH is 1. The second-order valence-electron chi connectivity index (χ2n) is 4.47. The molecule has 0 saturated heterocycles. The van der Waals surface area contributed by atoms with Gasteiger partial charge in [-0.15, -0.1) is 0 Å². The highest BCUT2D eigenvalue weighted by Gasteiger charge is 2.22. The molecule has 0 aromatic carbocycles. The number of amides is 1. The molecule has 0 aliphatic carbocycles. The average Bonchev–Trinajstić information content (AvgIpc) is 2.68. The van der Waals surface area contributed by atoms with Crippen LogP contribution in [0.3, 0.4) is 0 Å². The zero-order valence-corrected chi connectivity index (χ0v) is 13.0. The van der Waals surface area contributed by atoms with Gasteiger partial charge in [0, 0.05) is 18.9 Å². The minimum Gasteiger partial charge on any atom is -0.396 e. The Bertz CT molecular complexity index is 504. The number of hydrogen-bond donors (Lipinski definition) is 2. The molecule has 0 fully saturated rings. The molecule has 0 unspecified atom stereocenters. The Hall–Kier alpha value is -1.61. The van der Waals surface area contributed by atoms with Crippen LogP contribution in [0.15, 0.2) is 0 Å². The first-order valence-electron chi connectivity index (χ1n) is 6.61. The summed E-state index contributed by atoms with van der Waals surface area (Å²) in [7, 11) is 0. The summed E-state index contributed by atoms with van der Waals surface area (Å²) in [5, 5.41) is 26.3. The smallest absolute Gasteiger partial charge is 0.312 e. The molecular formula is C12H20N4O4S. The second kappa shape index (κ2) is 8.63. The number of nitrogens with one attached hydrogen (secondary N) is 1. The zero-order chi connectivity index (χ0) is 15.8. The van der Waals surface area contributed by atoms with Crippen LogP contribution in [0.25, 0.3) is 0 Å². The molecular weight excluding hydrogens is 296 g/mol. The van der Waals surface area contributed by atoms with Crippen LogP contribution >= 0.6 is 11.8 Å². The summed E-state index contributed by atoms with van der Waals surface area (Å²) < 4.78 is 1.35. The first-order chi connectivity index (χ1) is 9.97. The molecule has 2 N–H and O–H groups in total. The number of aryl methyl sites for hydroxylation is 1. The number of aliphatic hydroxyl groups is 1. The van der Waals surface area contributed by atoms with Gasteiger partial charge in [0.25, 0.3) is 0 Å². The van der Waals surface area contributed by atoms with Gasteiger partial charge in [-0.2, -0.15) is 16.9 Å². The normalized spacial score (nSPS) is 10.6. The van der Waals surface area contributed by atoms with Gasteiger partial charge in [-0.3, -0.25) is 19.6 Å². The molecule has 0 radical (unpaired) electrons. The topological polar surface area (TPSA) is 110 Å². The minimum atomic E-state index is -0.482. The molecule has 118 valence electrons.